The van der Waals surface area contributed by atoms with Crippen molar-refractivity contribution >= 4 is 57.1 Å². The molecule has 1 heterocycles. The number of anilines is 1. The van der Waals surface area contributed by atoms with Crippen molar-refractivity contribution in [1.29, 1.82) is 5.41 Å². The Hall–Kier alpha value is -3.95. The first-order valence-electron chi connectivity index (χ1n) is 13.4. The Morgan fingerprint density at radius 2 is 1.65 bits per heavy atom. The zero-order valence-electron chi connectivity index (χ0n) is 24.0. The van der Waals surface area contributed by atoms with E-state index in [1.807, 2.05) is 0 Å². The van der Waals surface area contributed by atoms with E-state index in [9.17, 15) is 32.7 Å². The monoisotopic (exact) mass is 632 g/mol. The number of carbonyl (C=O) groups excluding carboxylic acids is 3. The van der Waals surface area contributed by atoms with E-state index in [0.29, 0.717) is 11.3 Å². The molecule has 15 heteroatoms. The van der Waals surface area contributed by atoms with Crippen molar-refractivity contribution in [2.45, 2.75) is 73.6 Å². The summed E-state index contributed by atoms with van der Waals surface area (Å²) in [6, 6.07) is 11.7. The Kier molecular flexibility index (Phi) is 10.9. The molecule has 3 amide bonds. The Labute approximate surface area is 254 Å². The van der Waals surface area contributed by atoms with Crippen molar-refractivity contribution in [2.75, 3.05) is 5.32 Å². The number of hydrogen-bond acceptors (Lipinski definition) is 8. The first-order chi connectivity index (χ1) is 20.1. The van der Waals surface area contributed by atoms with Crippen LogP contribution in [0.5, 0.6) is 0 Å². The van der Waals surface area contributed by atoms with Crippen LogP contribution >= 0.6 is 11.8 Å². The number of benzene rings is 2. The molecule has 1 aliphatic heterocycles. The van der Waals surface area contributed by atoms with Gasteiger partial charge in [-0.25, -0.2) is 13.2 Å². The summed E-state index contributed by atoms with van der Waals surface area (Å²) in [4.78, 5) is 49.5. The largest absolute Gasteiger partial charge is 0.480 e. The third-order valence-corrected chi connectivity index (χ3v) is 10.2. The summed E-state index contributed by atoms with van der Waals surface area (Å²) in [6.07, 6.45) is 0.259. The van der Waals surface area contributed by atoms with Crippen molar-refractivity contribution in [3.8, 4) is 0 Å². The third kappa shape index (κ3) is 8.78. The molecule has 3 rings (SSSR count). The molecule has 0 bridgehead atoms. The number of nitrogens with one attached hydrogen (secondary N) is 4. The van der Waals surface area contributed by atoms with Gasteiger partial charge in [-0.15, -0.1) is 11.8 Å². The molecule has 0 radical (unpaired) electrons. The van der Waals surface area contributed by atoms with Crippen LogP contribution in [0.25, 0.3) is 0 Å². The second kappa shape index (κ2) is 14.0. The Balaban J connectivity index is 1.66. The quantitative estimate of drug-likeness (QED) is 0.149. The molecule has 1 saturated heterocycles. The fourth-order valence-electron chi connectivity index (χ4n) is 4.81. The van der Waals surface area contributed by atoms with Crippen LogP contribution in [0.4, 0.5) is 5.69 Å². The molecule has 1 fully saturated rings. The van der Waals surface area contributed by atoms with E-state index in [2.05, 4.69) is 16.0 Å². The summed E-state index contributed by atoms with van der Waals surface area (Å²) in [5, 5.41) is 23.7. The average Bonchev–Trinajstić information content (AvgIpc) is 3.17. The third-order valence-electron chi connectivity index (χ3n) is 6.69. The minimum Gasteiger partial charge on any atom is -0.480 e. The highest BCUT2D eigenvalue weighted by atomic mass is 32.2. The van der Waals surface area contributed by atoms with Gasteiger partial charge in [0, 0.05) is 29.7 Å². The average molecular weight is 633 g/mol. The molecule has 0 spiro atoms. The summed E-state index contributed by atoms with van der Waals surface area (Å²) >= 11 is 1.31. The molecule has 0 aliphatic carbocycles. The summed E-state index contributed by atoms with van der Waals surface area (Å²) in [5.41, 5.74) is 6.11. The maximum absolute atomic E-state index is 13.6. The first-order valence-corrected chi connectivity index (χ1v) is 15.8. The molecule has 3 atom stereocenters. The lowest BCUT2D eigenvalue weighted by Crippen LogP contribution is -2.57. The molecule has 2 aromatic carbocycles. The van der Waals surface area contributed by atoms with Crippen molar-refractivity contribution < 1.29 is 32.7 Å². The van der Waals surface area contributed by atoms with Gasteiger partial charge in [0.1, 0.15) is 12.1 Å². The van der Waals surface area contributed by atoms with Crippen LogP contribution in [-0.2, 0) is 35.6 Å². The molecule has 1 aliphatic rings. The minimum absolute atomic E-state index is 0.0276. The van der Waals surface area contributed by atoms with Crippen LogP contribution in [-0.4, -0.2) is 69.7 Å². The number of guanidine groups is 1. The van der Waals surface area contributed by atoms with Crippen molar-refractivity contribution in [2.24, 2.45) is 5.73 Å². The predicted octanol–water partition coefficient (Wildman–Crippen LogP) is 1.85. The van der Waals surface area contributed by atoms with E-state index in [1.165, 1.54) is 23.9 Å². The minimum atomic E-state index is -4.06. The van der Waals surface area contributed by atoms with Crippen LogP contribution < -0.4 is 21.7 Å². The highest BCUT2D eigenvalue weighted by Crippen LogP contribution is 2.46. The Bertz CT molecular complexity index is 1470. The van der Waals surface area contributed by atoms with E-state index >= 15 is 0 Å². The number of carboxylic acids is 1. The van der Waals surface area contributed by atoms with E-state index in [0.717, 1.165) is 4.31 Å². The zero-order chi connectivity index (χ0) is 31.9. The number of sulfonamides is 1. The second-order valence-corrected chi connectivity index (χ2v) is 14.3. The maximum Gasteiger partial charge on any atom is 0.326 e. The molecule has 0 saturated carbocycles. The van der Waals surface area contributed by atoms with Gasteiger partial charge in [-0.2, -0.15) is 4.31 Å². The molecule has 2 aromatic rings. The molecular weight excluding hydrogens is 596 g/mol. The lowest BCUT2D eigenvalue weighted by atomic mass is 10.0. The van der Waals surface area contributed by atoms with Crippen LogP contribution in [0.15, 0.2) is 59.5 Å². The SMILES string of the molecule is CC1SC(C)(C)[C@@H](C(=O)N[C@@H](Cc2ccc(NC(=O)CCCC(=O)NC(=N)N)cc2)C(=O)O)N1S(=O)(=O)c1ccccc1. The van der Waals surface area contributed by atoms with Crippen molar-refractivity contribution in [3.63, 3.8) is 0 Å². The molecule has 13 nitrogen and oxygen atoms in total. The number of amides is 3. The summed E-state index contributed by atoms with van der Waals surface area (Å²) in [6.45, 7) is 5.20. The van der Waals surface area contributed by atoms with Crippen LogP contribution in [0, 0.1) is 5.41 Å². The highest BCUT2D eigenvalue weighted by molar-refractivity contribution is 8.02. The lowest BCUT2D eigenvalue weighted by molar-refractivity contribution is -0.142. The number of carbonyl (C=O) groups is 4. The molecule has 1 unspecified atom stereocenters. The summed E-state index contributed by atoms with van der Waals surface area (Å²) in [5.74, 6) is -3.25. The van der Waals surface area contributed by atoms with Crippen molar-refractivity contribution in [1.82, 2.24) is 14.9 Å². The van der Waals surface area contributed by atoms with Gasteiger partial charge in [-0.05, 0) is 57.0 Å². The zero-order valence-corrected chi connectivity index (χ0v) is 25.6. The van der Waals surface area contributed by atoms with Gasteiger partial charge in [-0.3, -0.25) is 25.1 Å². The summed E-state index contributed by atoms with van der Waals surface area (Å²) in [7, 11) is -4.06. The number of rotatable bonds is 12. The van der Waals surface area contributed by atoms with Crippen LogP contribution in [0.2, 0.25) is 0 Å². The van der Waals surface area contributed by atoms with Gasteiger partial charge in [0.15, 0.2) is 5.96 Å². The standard InChI is InChI=1S/C28H36N6O7S2/c1-17-34(43(40,41)20-8-5-4-6-9-20)24(28(2,3)42-17)25(37)32-21(26(38)39)16-18-12-14-19(15-13-18)31-22(35)10-7-11-23(36)33-27(29)30/h4-6,8-9,12-15,17,21,24H,7,10-11,16H2,1-3H3,(H,31,35)(H,32,37)(H,38,39)(H4,29,30,33,36)/t17?,21-,24+/m0/s1. The maximum atomic E-state index is 13.6. The van der Waals surface area contributed by atoms with Crippen LogP contribution in [0.1, 0.15) is 45.6 Å². The molecule has 0 aromatic heterocycles. The van der Waals surface area contributed by atoms with E-state index in [4.69, 9.17) is 11.1 Å². The highest BCUT2D eigenvalue weighted by Gasteiger charge is 2.55. The number of carboxylic acid groups (broad SMARTS) is 1. The topological polar surface area (TPSA) is 212 Å². The second-order valence-electron chi connectivity index (χ2n) is 10.5. The van der Waals surface area contributed by atoms with Gasteiger partial charge in [-0.1, -0.05) is 30.3 Å². The van der Waals surface area contributed by atoms with Crippen LogP contribution in [0.3, 0.4) is 0 Å². The Morgan fingerprint density at radius 1 is 1.05 bits per heavy atom. The lowest BCUT2D eigenvalue weighted by Gasteiger charge is -2.31. The van der Waals surface area contributed by atoms with Gasteiger partial charge in [0.2, 0.25) is 27.7 Å². The van der Waals surface area contributed by atoms with Gasteiger partial charge < -0.3 is 21.5 Å². The Morgan fingerprint density at radius 3 is 2.23 bits per heavy atom. The van der Waals surface area contributed by atoms with Gasteiger partial charge in [0.05, 0.1) is 10.3 Å². The van der Waals surface area contributed by atoms with E-state index < -0.39 is 56.0 Å². The smallest absolute Gasteiger partial charge is 0.326 e. The van der Waals surface area contributed by atoms with Crippen molar-refractivity contribution in [3.05, 3.63) is 60.2 Å². The fourth-order valence-corrected chi connectivity index (χ4v) is 8.57. The number of nitrogens with zero attached hydrogens (tertiary/aromatic N) is 1. The van der Waals surface area contributed by atoms with Gasteiger partial charge >= 0.3 is 5.97 Å². The normalized spacial score (nSPS) is 18.8. The number of hydrogen-bond donors (Lipinski definition) is 6. The van der Waals surface area contributed by atoms with Gasteiger partial charge in [0.25, 0.3) is 0 Å². The fraction of sp³-hybridized carbons (Fsp3) is 0.393. The molecule has 232 valence electrons. The molecular formula is C28H36N6O7S2. The first kappa shape index (κ1) is 33.6. The predicted molar refractivity (Wildman–Crippen MR) is 163 cm³/mol. The van der Waals surface area contributed by atoms with E-state index in [-0.39, 0.29) is 36.5 Å². The molecule has 43 heavy (non-hydrogen) atoms. The molecule has 7 N–H and O–H groups in total. The number of nitrogens with two attached hydrogens (primary N) is 1. The number of aliphatic carboxylic acids is 1. The number of thioether (sulfide) groups is 1. The van der Waals surface area contributed by atoms with E-state index in [1.54, 1.807) is 63.2 Å². The summed E-state index contributed by atoms with van der Waals surface area (Å²) < 4.78 is 27.4.